The van der Waals surface area contributed by atoms with Crippen LogP contribution in [0.3, 0.4) is 0 Å². The molecule has 28 heavy (non-hydrogen) atoms. The molecule has 1 aromatic carbocycles. The van der Waals surface area contributed by atoms with Gasteiger partial charge in [-0.3, -0.25) is 4.98 Å². The Morgan fingerprint density at radius 2 is 2.11 bits per heavy atom. The van der Waals surface area contributed by atoms with Crippen molar-refractivity contribution in [2.45, 2.75) is 12.8 Å². The molecule has 0 amide bonds. The lowest BCUT2D eigenvalue weighted by molar-refractivity contribution is 0.0699. The van der Waals surface area contributed by atoms with Crippen LogP contribution < -0.4 is 10.1 Å². The Hall–Kier alpha value is -3.26. The van der Waals surface area contributed by atoms with Crippen molar-refractivity contribution in [3.63, 3.8) is 0 Å². The Labute approximate surface area is 162 Å². The number of nitrogens with one attached hydrogen (secondary N) is 2. The molecule has 0 aliphatic carbocycles. The number of pyridine rings is 1. The first-order chi connectivity index (χ1) is 13.7. The second-order valence-electron chi connectivity index (χ2n) is 6.65. The number of fused-ring (bicyclic) bond motifs is 1. The van der Waals surface area contributed by atoms with Gasteiger partial charge < -0.3 is 25.3 Å². The fraction of sp³-hybridized carbons (Fsp3) is 0.300. The predicted octanol–water partition coefficient (Wildman–Crippen LogP) is 3.36. The average molecular weight is 379 g/mol. The van der Waals surface area contributed by atoms with E-state index >= 15 is 0 Å². The molecule has 0 spiro atoms. The molecule has 2 aromatic heterocycles. The van der Waals surface area contributed by atoms with E-state index in [4.69, 9.17) is 14.9 Å². The van der Waals surface area contributed by atoms with E-state index < -0.39 is 0 Å². The normalized spacial score (nSPS) is 14.7. The molecule has 8 nitrogen and oxygen atoms in total. The third-order valence-electron chi connectivity index (χ3n) is 4.77. The maximum Gasteiger partial charge on any atom is 0.325 e. The van der Waals surface area contributed by atoms with Crippen molar-refractivity contribution in [1.82, 2.24) is 15.0 Å². The van der Waals surface area contributed by atoms with Crippen molar-refractivity contribution >= 4 is 22.8 Å². The average Bonchev–Trinajstić information content (AvgIpc) is 2.73. The van der Waals surface area contributed by atoms with E-state index in [2.05, 4.69) is 20.3 Å². The Morgan fingerprint density at radius 1 is 1.25 bits per heavy atom. The van der Waals surface area contributed by atoms with E-state index in [9.17, 15) is 5.11 Å². The van der Waals surface area contributed by atoms with Crippen molar-refractivity contribution in [1.29, 1.82) is 5.41 Å². The van der Waals surface area contributed by atoms with Gasteiger partial charge in [0.25, 0.3) is 0 Å². The summed E-state index contributed by atoms with van der Waals surface area (Å²) in [4.78, 5) is 12.2. The maximum absolute atomic E-state index is 10.1. The Morgan fingerprint density at radius 3 is 2.93 bits per heavy atom. The van der Waals surface area contributed by atoms with Gasteiger partial charge in [0.15, 0.2) is 0 Å². The van der Waals surface area contributed by atoms with Gasteiger partial charge in [-0.2, -0.15) is 9.97 Å². The number of aromatic nitrogens is 3. The van der Waals surface area contributed by atoms with Crippen molar-refractivity contribution in [2.24, 2.45) is 5.92 Å². The fourth-order valence-electron chi connectivity index (χ4n) is 3.18. The molecule has 1 aliphatic rings. The number of rotatable bonds is 6. The zero-order valence-electron chi connectivity index (χ0n) is 15.3. The molecule has 3 aromatic rings. The van der Waals surface area contributed by atoms with Gasteiger partial charge in [0.1, 0.15) is 5.75 Å². The summed E-state index contributed by atoms with van der Waals surface area (Å²) in [6, 6.07) is 7.06. The van der Waals surface area contributed by atoms with Crippen molar-refractivity contribution in [2.75, 3.05) is 25.1 Å². The minimum Gasteiger partial charge on any atom is -0.493 e. The summed E-state index contributed by atoms with van der Waals surface area (Å²) in [7, 11) is 0. The minimum absolute atomic E-state index is 0.0249. The minimum atomic E-state index is -0.163. The third kappa shape index (κ3) is 4.01. The molecule has 4 rings (SSSR count). The maximum atomic E-state index is 10.1. The van der Waals surface area contributed by atoms with Crippen LogP contribution in [0.25, 0.3) is 10.9 Å². The Bertz CT molecular complexity index is 989. The zero-order valence-corrected chi connectivity index (χ0v) is 15.3. The monoisotopic (exact) mass is 379 g/mol. The van der Waals surface area contributed by atoms with E-state index in [1.54, 1.807) is 24.4 Å². The molecule has 0 unspecified atom stereocenters. The number of anilines is 1. The first kappa shape index (κ1) is 18.1. The van der Waals surface area contributed by atoms with E-state index in [1.807, 2.05) is 6.07 Å². The highest BCUT2D eigenvalue weighted by Gasteiger charge is 2.14. The lowest BCUT2D eigenvalue weighted by Gasteiger charge is -2.23. The summed E-state index contributed by atoms with van der Waals surface area (Å²) in [5, 5.41) is 21.7. The number of benzene rings is 1. The van der Waals surface area contributed by atoms with Crippen molar-refractivity contribution in [3.8, 4) is 17.6 Å². The van der Waals surface area contributed by atoms with Crippen molar-refractivity contribution < 1.29 is 14.6 Å². The molecule has 3 N–H and O–H groups in total. The molecule has 0 saturated carbocycles. The van der Waals surface area contributed by atoms with Gasteiger partial charge in [-0.15, -0.1) is 0 Å². The van der Waals surface area contributed by atoms with Crippen LogP contribution in [-0.2, 0) is 4.74 Å². The highest BCUT2D eigenvalue weighted by molar-refractivity contribution is 5.86. The molecule has 1 aliphatic heterocycles. The summed E-state index contributed by atoms with van der Waals surface area (Å²) < 4.78 is 11.1. The molecule has 0 bridgehead atoms. The van der Waals surface area contributed by atoms with Gasteiger partial charge in [-0.05, 0) is 43.0 Å². The van der Waals surface area contributed by atoms with Gasteiger partial charge in [-0.25, -0.2) is 0 Å². The van der Waals surface area contributed by atoms with Crippen LogP contribution in [0.4, 0.5) is 5.69 Å². The Balaban J connectivity index is 1.50. The molecular weight excluding hydrogens is 358 g/mol. The van der Waals surface area contributed by atoms with E-state index in [-0.39, 0.29) is 11.9 Å². The highest BCUT2D eigenvalue weighted by atomic mass is 16.5. The van der Waals surface area contributed by atoms with Gasteiger partial charge in [0, 0.05) is 43.4 Å². The van der Waals surface area contributed by atoms with Crippen LogP contribution in [0, 0.1) is 11.3 Å². The summed E-state index contributed by atoms with van der Waals surface area (Å²) in [6.45, 7) is 2.47. The second-order valence-corrected chi connectivity index (χ2v) is 6.65. The summed E-state index contributed by atoms with van der Waals surface area (Å²) in [6.07, 6.45) is 6.48. The number of hydrogen-bond donors (Lipinski definition) is 3. The summed E-state index contributed by atoms with van der Waals surface area (Å²) in [5.41, 5.74) is 2.07. The van der Waals surface area contributed by atoms with Crippen LogP contribution in [-0.4, -0.2) is 46.0 Å². The van der Waals surface area contributed by atoms with E-state index in [0.29, 0.717) is 28.1 Å². The third-order valence-corrected chi connectivity index (χ3v) is 4.77. The largest absolute Gasteiger partial charge is 0.493 e. The van der Waals surface area contributed by atoms with Crippen LogP contribution in [0.15, 0.2) is 36.7 Å². The molecule has 3 heterocycles. The summed E-state index contributed by atoms with van der Waals surface area (Å²) >= 11 is 0. The van der Waals surface area contributed by atoms with Crippen LogP contribution in [0.1, 0.15) is 18.4 Å². The van der Waals surface area contributed by atoms with Gasteiger partial charge in [0.2, 0.25) is 5.88 Å². The highest BCUT2D eigenvalue weighted by Crippen LogP contribution is 2.28. The smallest absolute Gasteiger partial charge is 0.325 e. The van der Waals surface area contributed by atoms with Gasteiger partial charge >= 0.3 is 6.01 Å². The second kappa shape index (κ2) is 8.18. The number of ether oxygens (including phenoxy) is 2. The van der Waals surface area contributed by atoms with Crippen molar-refractivity contribution in [3.05, 3.63) is 42.2 Å². The topological polar surface area (TPSA) is 113 Å². The molecule has 1 fully saturated rings. The first-order valence-electron chi connectivity index (χ1n) is 9.17. The lowest BCUT2D eigenvalue weighted by atomic mass is 10.00. The van der Waals surface area contributed by atoms with Crippen LogP contribution >= 0.6 is 0 Å². The summed E-state index contributed by atoms with van der Waals surface area (Å²) in [5.74, 6) is 0.896. The number of nitrogens with zero attached hydrogens (tertiary/aromatic N) is 3. The van der Waals surface area contributed by atoms with E-state index in [1.165, 1.54) is 12.4 Å². The van der Waals surface area contributed by atoms with Crippen LogP contribution in [0.2, 0.25) is 0 Å². The number of aromatic hydroxyl groups is 1. The molecule has 144 valence electrons. The molecule has 1 saturated heterocycles. The Kier molecular flexibility index (Phi) is 5.29. The van der Waals surface area contributed by atoms with Crippen LogP contribution in [0.5, 0.6) is 17.6 Å². The SMILES string of the molecule is N=Cc1cc(Oc2nc(O)c3ccncc3n2)ccc1NCC1CCOCC1. The molecule has 0 radical (unpaired) electrons. The molecular formula is C20H21N5O3. The number of hydrogen-bond acceptors (Lipinski definition) is 8. The standard InChI is InChI=1S/C20H21N5O3/c21-10-14-9-15(1-2-17(14)23-11-13-4-7-27-8-5-13)28-20-24-18-12-22-6-3-16(18)19(26)25-20/h1-3,6,9-10,12-13,21,23H,4-5,7-8,11H2,(H,24,25,26). The van der Waals surface area contributed by atoms with E-state index in [0.717, 1.165) is 38.3 Å². The lowest BCUT2D eigenvalue weighted by Crippen LogP contribution is -2.22. The first-order valence-corrected chi connectivity index (χ1v) is 9.17. The predicted molar refractivity (Wildman–Crippen MR) is 105 cm³/mol. The quantitative estimate of drug-likeness (QED) is 0.563. The fourth-order valence-corrected chi connectivity index (χ4v) is 3.18. The molecule has 0 atom stereocenters. The molecule has 8 heteroatoms. The van der Waals surface area contributed by atoms with Gasteiger partial charge in [0.05, 0.1) is 17.1 Å². The zero-order chi connectivity index (χ0) is 19.3. The van der Waals surface area contributed by atoms with Gasteiger partial charge in [-0.1, -0.05) is 0 Å².